The minimum absolute atomic E-state index is 0.325. The van der Waals surface area contributed by atoms with Crippen molar-refractivity contribution in [2.45, 2.75) is 65.3 Å². The van der Waals surface area contributed by atoms with Crippen molar-refractivity contribution in [2.24, 2.45) is 0 Å². The first-order chi connectivity index (χ1) is 13.2. The van der Waals surface area contributed by atoms with E-state index in [9.17, 15) is 14.9 Å². The van der Waals surface area contributed by atoms with Crippen molar-refractivity contribution in [3.8, 4) is 0 Å². The number of aromatic nitrogens is 1. The van der Waals surface area contributed by atoms with Gasteiger partial charge in [-0.05, 0) is 54.5 Å². The number of carbonyl (C=O) groups is 1. The van der Waals surface area contributed by atoms with Crippen molar-refractivity contribution in [1.82, 2.24) is 9.88 Å². The third-order valence-corrected chi connectivity index (χ3v) is 5.19. The summed E-state index contributed by atoms with van der Waals surface area (Å²) in [6.45, 7) is 14.4. The van der Waals surface area contributed by atoms with Crippen molar-refractivity contribution in [2.75, 3.05) is 31.1 Å². The fraction of sp³-hybridized carbons (Fsp3) is 0.700. The molecule has 1 saturated heterocycles. The lowest BCUT2D eigenvalue weighted by Gasteiger charge is -2.39. The first-order valence-corrected chi connectivity index (χ1v) is 9.97. The van der Waals surface area contributed by atoms with Crippen LogP contribution in [0.3, 0.4) is 0 Å². The normalized spacial score (nSPS) is 16.0. The topological polar surface area (TPSA) is 95.4 Å². The van der Waals surface area contributed by atoms with Crippen LogP contribution in [-0.4, -0.2) is 76.2 Å². The van der Waals surface area contributed by atoms with Gasteiger partial charge in [0.2, 0.25) is 0 Å². The molecular formula is C20H34BN3O5. The fourth-order valence-corrected chi connectivity index (χ4v) is 2.78. The Labute approximate surface area is 174 Å². The second kappa shape index (κ2) is 8.49. The molecule has 0 radical (unpaired) electrons. The Balaban J connectivity index is 2.09. The largest absolute Gasteiger partial charge is 0.495 e. The van der Waals surface area contributed by atoms with Gasteiger partial charge in [0.1, 0.15) is 11.4 Å². The van der Waals surface area contributed by atoms with Crippen molar-refractivity contribution < 1.29 is 24.3 Å². The van der Waals surface area contributed by atoms with Crippen molar-refractivity contribution in [1.29, 1.82) is 0 Å². The van der Waals surface area contributed by atoms with Gasteiger partial charge in [-0.15, -0.1) is 0 Å². The molecule has 0 spiro atoms. The molecular weight excluding hydrogens is 373 g/mol. The zero-order valence-corrected chi connectivity index (χ0v) is 18.6. The van der Waals surface area contributed by atoms with Crippen molar-refractivity contribution in [3.05, 3.63) is 18.3 Å². The minimum Gasteiger partial charge on any atom is -0.444 e. The predicted octanol–water partition coefficient (Wildman–Crippen LogP) is 1.39. The van der Waals surface area contributed by atoms with Crippen LogP contribution in [-0.2, 0) is 9.39 Å². The highest BCUT2D eigenvalue weighted by molar-refractivity contribution is 6.61. The highest BCUT2D eigenvalue weighted by Gasteiger charge is 2.40. The van der Waals surface area contributed by atoms with E-state index >= 15 is 0 Å². The number of rotatable bonds is 5. The second-order valence-electron chi connectivity index (χ2n) is 9.41. The Bertz CT molecular complexity index is 707. The Morgan fingerprint density at radius 1 is 1.10 bits per heavy atom. The molecule has 162 valence electrons. The van der Waals surface area contributed by atoms with Gasteiger partial charge in [0, 0.05) is 37.8 Å². The van der Waals surface area contributed by atoms with E-state index in [-0.39, 0.29) is 6.09 Å². The molecule has 1 aliphatic rings. The van der Waals surface area contributed by atoms with Gasteiger partial charge in [-0.1, -0.05) is 6.07 Å². The summed E-state index contributed by atoms with van der Waals surface area (Å²) in [6.07, 6.45) is 1.33. The molecule has 8 nitrogen and oxygen atoms in total. The maximum absolute atomic E-state index is 12.3. The SMILES string of the molecule is CC(C)(C)OC(=O)N1CCN(c2ncccc2B(O)OC(C)(C)C(C)(C)O)CC1. The summed E-state index contributed by atoms with van der Waals surface area (Å²) in [5, 5.41) is 21.0. The van der Waals surface area contributed by atoms with Crippen LogP contribution in [0.1, 0.15) is 48.5 Å². The van der Waals surface area contributed by atoms with Crippen LogP contribution >= 0.6 is 0 Å². The molecule has 0 atom stereocenters. The first-order valence-electron chi connectivity index (χ1n) is 9.97. The summed E-state index contributed by atoms with van der Waals surface area (Å²) < 4.78 is 11.2. The van der Waals surface area contributed by atoms with Crippen LogP contribution in [0, 0.1) is 0 Å². The first kappa shape index (κ1) is 23.4. The van der Waals surface area contributed by atoms with E-state index in [4.69, 9.17) is 9.39 Å². The Hall–Kier alpha value is -1.84. The summed E-state index contributed by atoms with van der Waals surface area (Å²) in [5.74, 6) is 0.607. The Morgan fingerprint density at radius 3 is 2.21 bits per heavy atom. The number of amides is 1. The molecule has 1 aromatic rings. The van der Waals surface area contributed by atoms with Crippen molar-refractivity contribution in [3.63, 3.8) is 0 Å². The van der Waals surface area contributed by atoms with Crippen LogP contribution in [0.4, 0.5) is 10.6 Å². The number of ether oxygens (including phenoxy) is 1. The van der Waals surface area contributed by atoms with Crippen LogP contribution in [0.5, 0.6) is 0 Å². The van der Waals surface area contributed by atoms with Gasteiger partial charge in [0.15, 0.2) is 0 Å². The molecule has 0 bridgehead atoms. The van der Waals surface area contributed by atoms with Crippen LogP contribution in [0.15, 0.2) is 18.3 Å². The van der Waals surface area contributed by atoms with E-state index in [1.165, 1.54) is 0 Å². The number of nitrogens with zero attached hydrogens (tertiary/aromatic N) is 3. The molecule has 2 rings (SSSR count). The third-order valence-electron chi connectivity index (χ3n) is 5.19. The molecule has 2 heterocycles. The molecule has 1 fully saturated rings. The molecule has 2 N–H and O–H groups in total. The maximum Gasteiger partial charge on any atom is 0.495 e. The smallest absolute Gasteiger partial charge is 0.444 e. The summed E-state index contributed by atoms with van der Waals surface area (Å²) >= 11 is 0. The lowest BCUT2D eigenvalue weighted by Crippen LogP contribution is -2.55. The Morgan fingerprint density at radius 2 is 1.69 bits per heavy atom. The quantitative estimate of drug-likeness (QED) is 0.713. The molecule has 1 aliphatic heterocycles. The van der Waals surface area contributed by atoms with Gasteiger partial charge in [-0.2, -0.15) is 0 Å². The molecule has 1 amide bonds. The predicted molar refractivity (Wildman–Crippen MR) is 113 cm³/mol. The lowest BCUT2D eigenvalue weighted by molar-refractivity contribution is -0.0982. The van der Waals surface area contributed by atoms with Gasteiger partial charge in [-0.25, -0.2) is 9.78 Å². The number of anilines is 1. The summed E-state index contributed by atoms with van der Waals surface area (Å²) in [5.41, 5.74) is -2.13. The molecule has 0 aliphatic carbocycles. The highest BCUT2D eigenvalue weighted by atomic mass is 16.6. The molecule has 29 heavy (non-hydrogen) atoms. The molecule has 0 saturated carbocycles. The highest BCUT2D eigenvalue weighted by Crippen LogP contribution is 2.26. The summed E-state index contributed by atoms with van der Waals surface area (Å²) in [7, 11) is -1.25. The van der Waals surface area contributed by atoms with Gasteiger partial charge in [0.25, 0.3) is 0 Å². The lowest BCUT2D eigenvalue weighted by atomic mass is 9.76. The van der Waals surface area contributed by atoms with E-state index < -0.39 is 23.9 Å². The summed E-state index contributed by atoms with van der Waals surface area (Å²) in [4.78, 5) is 20.4. The average molecular weight is 407 g/mol. The van der Waals surface area contributed by atoms with E-state index in [2.05, 4.69) is 4.98 Å². The molecule has 0 aromatic carbocycles. The van der Waals surface area contributed by atoms with Crippen LogP contribution in [0.25, 0.3) is 0 Å². The number of carbonyl (C=O) groups excluding carboxylic acids is 1. The van der Waals surface area contributed by atoms with Gasteiger partial charge >= 0.3 is 13.2 Å². The van der Waals surface area contributed by atoms with Crippen LogP contribution < -0.4 is 10.4 Å². The average Bonchev–Trinajstić information content (AvgIpc) is 2.59. The molecule has 1 aromatic heterocycles. The molecule has 9 heteroatoms. The third kappa shape index (κ3) is 6.07. The van der Waals surface area contributed by atoms with Crippen LogP contribution in [0.2, 0.25) is 0 Å². The number of aliphatic hydroxyl groups is 1. The van der Waals surface area contributed by atoms with Gasteiger partial charge < -0.3 is 29.3 Å². The fourth-order valence-electron chi connectivity index (χ4n) is 2.78. The van der Waals surface area contributed by atoms with E-state index in [1.54, 1.807) is 50.9 Å². The minimum atomic E-state index is -1.25. The zero-order valence-electron chi connectivity index (χ0n) is 18.6. The Kier molecular flexibility index (Phi) is 6.87. The number of hydrogen-bond acceptors (Lipinski definition) is 7. The zero-order chi connectivity index (χ0) is 22.0. The van der Waals surface area contributed by atoms with Crippen molar-refractivity contribution >= 4 is 24.5 Å². The maximum atomic E-state index is 12.3. The number of piperazine rings is 1. The van der Waals surface area contributed by atoms with Gasteiger partial charge in [-0.3, -0.25) is 0 Å². The van der Waals surface area contributed by atoms with E-state index in [1.807, 2.05) is 25.7 Å². The standard InChI is InChI=1S/C20H34BN3O5/c1-18(2,3)28-17(25)24-13-11-23(12-14-24)16-15(9-8-10-22-16)21(27)29-20(6,7)19(4,5)26/h8-10,26-27H,11-14H2,1-7H3. The second-order valence-corrected chi connectivity index (χ2v) is 9.41. The molecule has 0 unspecified atom stereocenters. The number of pyridine rings is 1. The van der Waals surface area contributed by atoms with E-state index in [0.717, 1.165) is 0 Å². The van der Waals surface area contributed by atoms with E-state index in [0.29, 0.717) is 37.5 Å². The number of hydrogen-bond donors (Lipinski definition) is 2. The van der Waals surface area contributed by atoms with Gasteiger partial charge in [0.05, 0.1) is 11.2 Å². The monoisotopic (exact) mass is 407 g/mol. The summed E-state index contributed by atoms with van der Waals surface area (Å²) in [6, 6.07) is 3.49.